The van der Waals surface area contributed by atoms with Gasteiger partial charge < -0.3 is 10.1 Å². The molecule has 0 amide bonds. The minimum absolute atomic E-state index is 0.372. The molecule has 0 saturated carbocycles. The molecule has 0 heterocycles. The molecule has 106 valence electrons. The quantitative estimate of drug-likeness (QED) is 0.847. The normalized spacial score (nSPS) is 12.0. The van der Waals surface area contributed by atoms with Crippen molar-refractivity contribution >= 4 is 21.6 Å². The Balaban J connectivity index is 2.00. The molecular formula is C17H20BrNO. The van der Waals surface area contributed by atoms with Gasteiger partial charge >= 0.3 is 0 Å². The van der Waals surface area contributed by atoms with Crippen molar-refractivity contribution < 1.29 is 4.74 Å². The highest BCUT2D eigenvalue weighted by atomic mass is 79.9. The Morgan fingerprint density at radius 1 is 1.15 bits per heavy atom. The van der Waals surface area contributed by atoms with Crippen molar-refractivity contribution in [1.29, 1.82) is 0 Å². The zero-order chi connectivity index (χ0) is 14.5. The highest BCUT2D eigenvalue weighted by Gasteiger charge is 2.06. The summed E-state index contributed by atoms with van der Waals surface area (Å²) in [7, 11) is 1.69. The van der Waals surface area contributed by atoms with Crippen molar-refractivity contribution in [2.24, 2.45) is 0 Å². The molecular weight excluding hydrogens is 314 g/mol. The van der Waals surface area contributed by atoms with E-state index in [1.807, 2.05) is 12.1 Å². The van der Waals surface area contributed by atoms with E-state index in [9.17, 15) is 0 Å². The van der Waals surface area contributed by atoms with Crippen molar-refractivity contribution in [1.82, 2.24) is 0 Å². The van der Waals surface area contributed by atoms with Crippen LogP contribution < -0.4 is 10.1 Å². The van der Waals surface area contributed by atoms with Gasteiger partial charge in [-0.15, -0.1) is 0 Å². The van der Waals surface area contributed by atoms with Gasteiger partial charge in [0.05, 0.1) is 7.11 Å². The molecule has 0 fully saturated rings. The van der Waals surface area contributed by atoms with Gasteiger partial charge in [-0.25, -0.2) is 0 Å². The number of nitrogens with one attached hydrogen (secondary N) is 1. The highest BCUT2D eigenvalue weighted by molar-refractivity contribution is 9.10. The SMILES string of the molecule is COc1ccc(CC(C)Nc2cc(Br)ccc2C)cc1. The van der Waals surface area contributed by atoms with Gasteiger partial charge in [0.15, 0.2) is 0 Å². The van der Waals surface area contributed by atoms with E-state index in [1.54, 1.807) is 7.11 Å². The second-order valence-electron chi connectivity index (χ2n) is 5.06. The van der Waals surface area contributed by atoms with Gasteiger partial charge in [0, 0.05) is 16.2 Å². The van der Waals surface area contributed by atoms with E-state index in [2.05, 4.69) is 65.4 Å². The molecule has 2 aromatic carbocycles. The van der Waals surface area contributed by atoms with Crippen LogP contribution in [0.25, 0.3) is 0 Å². The van der Waals surface area contributed by atoms with Crippen LogP contribution in [-0.4, -0.2) is 13.2 Å². The number of rotatable bonds is 5. The predicted octanol–water partition coefficient (Wildman–Crippen LogP) is 4.81. The molecule has 0 aromatic heterocycles. The number of hydrogen-bond donors (Lipinski definition) is 1. The van der Waals surface area contributed by atoms with E-state index in [1.165, 1.54) is 16.8 Å². The molecule has 0 aliphatic rings. The highest BCUT2D eigenvalue weighted by Crippen LogP contribution is 2.22. The number of benzene rings is 2. The summed E-state index contributed by atoms with van der Waals surface area (Å²) < 4.78 is 6.28. The van der Waals surface area contributed by atoms with Crippen LogP contribution in [0, 0.1) is 6.92 Å². The van der Waals surface area contributed by atoms with E-state index in [4.69, 9.17) is 4.74 Å². The Labute approximate surface area is 129 Å². The number of aryl methyl sites for hydroxylation is 1. The zero-order valence-electron chi connectivity index (χ0n) is 12.1. The summed E-state index contributed by atoms with van der Waals surface area (Å²) in [6.45, 7) is 4.32. The van der Waals surface area contributed by atoms with Crippen LogP contribution in [0.2, 0.25) is 0 Å². The first-order valence-electron chi connectivity index (χ1n) is 6.74. The topological polar surface area (TPSA) is 21.3 Å². The largest absolute Gasteiger partial charge is 0.497 e. The van der Waals surface area contributed by atoms with Crippen LogP contribution in [-0.2, 0) is 6.42 Å². The summed E-state index contributed by atoms with van der Waals surface area (Å²) in [4.78, 5) is 0. The lowest BCUT2D eigenvalue weighted by molar-refractivity contribution is 0.414. The fourth-order valence-electron chi connectivity index (χ4n) is 2.18. The van der Waals surface area contributed by atoms with E-state index in [-0.39, 0.29) is 0 Å². The second kappa shape index (κ2) is 6.80. The van der Waals surface area contributed by atoms with Crippen molar-refractivity contribution in [2.45, 2.75) is 26.3 Å². The molecule has 0 radical (unpaired) electrons. The van der Waals surface area contributed by atoms with Gasteiger partial charge in [-0.3, -0.25) is 0 Å². The lowest BCUT2D eigenvalue weighted by Crippen LogP contribution is -2.18. The van der Waals surface area contributed by atoms with Crippen LogP contribution in [0.4, 0.5) is 5.69 Å². The van der Waals surface area contributed by atoms with Crippen LogP contribution in [0.3, 0.4) is 0 Å². The Morgan fingerprint density at radius 2 is 1.85 bits per heavy atom. The molecule has 3 heteroatoms. The standard InChI is InChI=1S/C17H20BrNO/c1-12-4-7-15(18)11-17(12)19-13(2)10-14-5-8-16(20-3)9-6-14/h4-9,11,13,19H,10H2,1-3H3. The molecule has 0 aliphatic heterocycles. The maximum atomic E-state index is 5.18. The average Bonchev–Trinajstić information content (AvgIpc) is 2.43. The van der Waals surface area contributed by atoms with Gasteiger partial charge in [-0.05, 0) is 55.7 Å². The molecule has 0 bridgehead atoms. The number of anilines is 1. The number of hydrogen-bond acceptors (Lipinski definition) is 2. The van der Waals surface area contributed by atoms with Crippen LogP contribution in [0.1, 0.15) is 18.1 Å². The fourth-order valence-corrected chi connectivity index (χ4v) is 2.54. The minimum atomic E-state index is 0.372. The number of halogens is 1. The number of methoxy groups -OCH3 is 1. The molecule has 2 nitrogen and oxygen atoms in total. The van der Waals surface area contributed by atoms with Crippen molar-refractivity contribution in [3.63, 3.8) is 0 Å². The van der Waals surface area contributed by atoms with Crippen molar-refractivity contribution in [3.8, 4) is 5.75 Å². The van der Waals surface area contributed by atoms with Gasteiger partial charge in [-0.2, -0.15) is 0 Å². The van der Waals surface area contributed by atoms with Gasteiger partial charge in [0.1, 0.15) is 5.75 Å². The predicted molar refractivity (Wildman–Crippen MR) is 88.7 cm³/mol. The molecule has 2 aromatic rings. The Hall–Kier alpha value is -1.48. The fraction of sp³-hybridized carbons (Fsp3) is 0.294. The lowest BCUT2D eigenvalue weighted by Gasteiger charge is -2.17. The molecule has 20 heavy (non-hydrogen) atoms. The van der Waals surface area contributed by atoms with Gasteiger partial charge in [-0.1, -0.05) is 34.1 Å². The van der Waals surface area contributed by atoms with E-state index in [0.717, 1.165) is 16.6 Å². The average molecular weight is 334 g/mol. The maximum absolute atomic E-state index is 5.18. The Morgan fingerprint density at radius 3 is 2.50 bits per heavy atom. The van der Waals surface area contributed by atoms with Gasteiger partial charge in [0.2, 0.25) is 0 Å². The molecule has 1 atom stereocenters. The lowest BCUT2D eigenvalue weighted by atomic mass is 10.1. The van der Waals surface area contributed by atoms with Crippen LogP contribution in [0.15, 0.2) is 46.9 Å². The minimum Gasteiger partial charge on any atom is -0.497 e. The second-order valence-corrected chi connectivity index (χ2v) is 5.97. The molecule has 0 aliphatic carbocycles. The smallest absolute Gasteiger partial charge is 0.118 e. The number of ether oxygens (including phenoxy) is 1. The molecule has 2 rings (SSSR count). The molecule has 0 saturated heterocycles. The molecule has 0 spiro atoms. The van der Waals surface area contributed by atoms with Crippen LogP contribution >= 0.6 is 15.9 Å². The van der Waals surface area contributed by atoms with Crippen molar-refractivity contribution in [3.05, 3.63) is 58.1 Å². The third kappa shape index (κ3) is 4.01. The Kier molecular flexibility index (Phi) is 5.07. The summed E-state index contributed by atoms with van der Waals surface area (Å²) >= 11 is 3.52. The molecule has 1 N–H and O–H groups in total. The van der Waals surface area contributed by atoms with Gasteiger partial charge in [0.25, 0.3) is 0 Å². The van der Waals surface area contributed by atoms with E-state index < -0.39 is 0 Å². The first kappa shape index (κ1) is 14.9. The summed E-state index contributed by atoms with van der Waals surface area (Å²) in [5.41, 5.74) is 3.74. The summed E-state index contributed by atoms with van der Waals surface area (Å²) in [5.74, 6) is 0.900. The van der Waals surface area contributed by atoms with Crippen molar-refractivity contribution in [2.75, 3.05) is 12.4 Å². The summed E-state index contributed by atoms with van der Waals surface area (Å²) in [6.07, 6.45) is 0.982. The third-order valence-electron chi connectivity index (χ3n) is 3.30. The zero-order valence-corrected chi connectivity index (χ0v) is 13.7. The Bertz CT molecular complexity index is 566. The summed E-state index contributed by atoms with van der Waals surface area (Å²) in [6, 6.07) is 14.9. The first-order chi connectivity index (χ1) is 9.58. The maximum Gasteiger partial charge on any atom is 0.118 e. The first-order valence-corrected chi connectivity index (χ1v) is 7.53. The molecule has 1 unspecified atom stereocenters. The monoisotopic (exact) mass is 333 g/mol. The summed E-state index contributed by atoms with van der Waals surface area (Å²) in [5, 5.41) is 3.57. The van der Waals surface area contributed by atoms with E-state index >= 15 is 0 Å². The van der Waals surface area contributed by atoms with E-state index in [0.29, 0.717) is 6.04 Å². The third-order valence-corrected chi connectivity index (χ3v) is 3.80. The van der Waals surface area contributed by atoms with Crippen LogP contribution in [0.5, 0.6) is 5.75 Å².